The smallest absolute Gasteiger partial charge is 0.303 e. The van der Waals surface area contributed by atoms with Gasteiger partial charge in [-0.1, -0.05) is 0 Å². The van der Waals surface area contributed by atoms with E-state index in [1.54, 1.807) is 6.07 Å². The van der Waals surface area contributed by atoms with Gasteiger partial charge in [0.25, 0.3) is 0 Å². The van der Waals surface area contributed by atoms with E-state index in [0.29, 0.717) is 18.7 Å². The van der Waals surface area contributed by atoms with E-state index in [2.05, 4.69) is 4.90 Å². The van der Waals surface area contributed by atoms with Crippen molar-refractivity contribution in [3.8, 4) is 6.07 Å². The molecule has 1 aliphatic heterocycles. The van der Waals surface area contributed by atoms with Crippen LogP contribution in [0.25, 0.3) is 0 Å². The van der Waals surface area contributed by atoms with Gasteiger partial charge in [-0.05, 0) is 42.6 Å². The van der Waals surface area contributed by atoms with E-state index in [1.807, 2.05) is 6.07 Å². The molecule has 1 fully saturated rings. The molecule has 1 atom stereocenters. The molecule has 1 unspecified atom stereocenters. The molecule has 1 aliphatic rings. The number of carboxylic acids is 1. The van der Waals surface area contributed by atoms with Crippen molar-refractivity contribution < 1.29 is 14.3 Å². The van der Waals surface area contributed by atoms with Crippen molar-refractivity contribution in [1.29, 1.82) is 5.26 Å². The average molecular weight is 262 g/mol. The predicted octanol–water partition coefficient (Wildman–Crippen LogP) is 1.99. The number of hydrogen-bond donors (Lipinski definition) is 1. The summed E-state index contributed by atoms with van der Waals surface area (Å²) < 4.78 is 13.3. The molecule has 100 valence electrons. The fourth-order valence-corrected chi connectivity index (χ4v) is 2.53. The maximum Gasteiger partial charge on any atom is 0.303 e. The fourth-order valence-electron chi connectivity index (χ4n) is 2.53. The maximum atomic E-state index is 13.3. The van der Waals surface area contributed by atoms with Crippen LogP contribution in [0.15, 0.2) is 18.2 Å². The molecule has 1 heterocycles. The number of likely N-dealkylation sites (tertiary alicyclic amines) is 1. The first-order valence-electron chi connectivity index (χ1n) is 6.20. The average Bonchev–Trinajstić information content (AvgIpc) is 2.74. The zero-order valence-corrected chi connectivity index (χ0v) is 10.5. The van der Waals surface area contributed by atoms with Crippen LogP contribution in [0.2, 0.25) is 0 Å². The summed E-state index contributed by atoms with van der Waals surface area (Å²) in [6.07, 6.45) is 1.04. The van der Waals surface area contributed by atoms with Crippen molar-refractivity contribution in [3.05, 3.63) is 35.1 Å². The third kappa shape index (κ3) is 3.76. The monoisotopic (exact) mass is 262 g/mol. The first-order valence-corrected chi connectivity index (χ1v) is 6.20. The van der Waals surface area contributed by atoms with Crippen LogP contribution in [-0.4, -0.2) is 29.1 Å². The summed E-state index contributed by atoms with van der Waals surface area (Å²) in [6, 6.07) is 6.24. The molecule has 0 aliphatic carbocycles. The Morgan fingerprint density at radius 1 is 1.53 bits per heavy atom. The molecule has 0 saturated carbocycles. The summed E-state index contributed by atoms with van der Waals surface area (Å²) in [5.41, 5.74) is 1.07. The number of halogens is 1. The molecule has 2 rings (SSSR count). The van der Waals surface area contributed by atoms with Crippen molar-refractivity contribution >= 4 is 5.97 Å². The Kier molecular flexibility index (Phi) is 4.13. The van der Waals surface area contributed by atoms with E-state index >= 15 is 0 Å². The lowest BCUT2D eigenvalue weighted by Gasteiger charge is -2.15. The van der Waals surface area contributed by atoms with Gasteiger partial charge in [0.15, 0.2) is 0 Å². The predicted molar refractivity (Wildman–Crippen MR) is 66.8 cm³/mol. The van der Waals surface area contributed by atoms with Crippen molar-refractivity contribution in [1.82, 2.24) is 4.90 Å². The topological polar surface area (TPSA) is 64.3 Å². The Labute approximate surface area is 111 Å². The lowest BCUT2D eigenvalue weighted by atomic mass is 10.1. The summed E-state index contributed by atoms with van der Waals surface area (Å²) in [7, 11) is 0. The highest BCUT2D eigenvalue weighted by Crippen LogP contribution is 2.22. The Balaban J connectivity index is 1.97. The number of nitriles is 1. The fraction of sp³-hybridized carbons (Fsp3) is 0.429. The van der Waals surface area contributed by atoms with Crippen LogP contribution in [0, 0.1) is 23.1 Å². The number of benzene rings is 1. The lowest BCUT2D eigenvalue weighted by molar-refractivity contribution is -0.138. The first kappa shape index (κ1) is 13.5. The van der Waals surface area contributed by atoms with Crippen LogP contribution in [0.5, 0.6) is 0 Å². The molecule has 0 bridgehead atoms. The normalized spacial score (nSPS) is 19.3. The Hall–Kier alpha value is -1.93. The summed E-state index contributed by atoms with van der Waals surface area (Å²) in [5, 5.41) is 17.5. The highest BCUT2D eigenvalue weighted by atomic mass is 19.1. The molecule has 1 aromatic carbocycles. The van der Waals surface area contributed by atoms with Crippen LogP contribution >= 0.6 is 0 Å². The lowest BCUT2D eigenvalue weighted by Crippen LogP contribution is -2.21. The van der Waals surface area contributed by atoms with Gasteiger partial charge < -0.3 is 5.11 Å². The molecule has 5 heteroatoms. The van der Waals surface area contributed by atoms with Gasteiger partial charge in [-0.15, -0.1) is 0 Å². The molecule has 0 radical (unpaired) electrons. The molecule has 1 saturated heterocycles. The van der Waals surface area contributed by atoms with Crippen molar-refractivity contribution in [2.24, 2.45) is 5.92 Å². The third-order valence-electron chi connectivity index (χ3n) is 3.33. The maximum absolute atomic E-state index is 13.3. The highest BCUT2D eigenvalue weighted by molar-refractivity contribution is 5.67. The second-order valence-electron chi connectivity index (χ2n) is 4.95. The first-order chi connectivity index (χ1) is 9.06. The standard InChI is InChI=1S/C14H15FN2O2/c15-13-4-11(7-16)3-12(5-13)9-17-2-1-10(8-17)6-14(18)19/h3-5,10H,1-2,6,8-9H2,(H,18,19). The van der Waals surface area contributed by atoms with E-state index in [9.17, 15) is 9.18 Å². The number of carboxylic acid groups (broad SMARTS) is 1. The quantitative estimate of drug-likeness (QED) is 0.901. The number of nitrogens with zero attached hydrogens (tertiary/aromatic N) is 2. The van der Waals surface area contributed by atoms with Gasteiger partial charge in [-0.2, -0.15) is 5.26 Å². The van der Waals surface area contributed by atoms with E-state index in [1.165, 1.54) is 12.1 Å². The molecule has 4 nitrogen and oxygen atoms in total. The van der Waals surface area contributed by atoms with E-state index in [-0.39, 0.29) is 12.3 Å². The van der Waals surface area contributed by atoms with Gasteiger partial charge in [0.1, 0.15) is 5.82 Å². The Morgan fingerprint density at radius 3 is 3.00 bits per heavy atom. The molecule has 19 heavy (non-hydrogen) atoms. The van der Waals surface area contributed by atoms with Crippen molar-refractivity contribution in [3.63, 3.8) is 0 Å². The van der Waals surface area contributed by atoms with E-state index in [0.717, 1.165) is 18.5 Å². The summed E-state index contributed by atoms with van der Waals surface area (Å²) >= 11 is 0. The SMILES string of the molecule is N#Cc1cc(F)cc(CN2CCC(CC(=O)O)C2)c1. The molecule has 0 amide bonds. The third-order valence-corrected chi connectivity index (χ3v) is 3.33. The van der Waals surface area contributed by atoms with Gasteiger partial charge in [0, 0.05) is 19.5 Å². The van der Waals surface area contributed by atoms with Crippen LogP contribution in [0.3, 0.4) is 0 Å². The van der Waals surface area contributed by atoms with E-state index in [4.69, 9.17) is 10.4 Å². The highest BCUT2D eigenvalue weighted by Gasteiger charge is 2.24. The number of hydrogen-bond acceptors (Lipinski definition) is 3. The van der Waals surface area contributed by atoms with Gasteiger partial charge in [0.2, 0.25) is 0 Å². The summed E-state index contributed by atoms with van der Waals surface area (Å²) in [6.45, 7) is 2.09. The number of rotatable bonds is 4. The second kappa shape index (κ2) is 5.81. The van der Waals surface area contributed by atoms with Crippen molar-refractivity contribution in [2.45, 2.75) is 19.4 Å². The molecule has 0 spiro atoms. The van der Waals surface area contributed by atoms with Crippen LogP contribution in [0.4, 0.5) is 4.39 Å². The van der Waals surface area contributed by atoms with Gasteiger partial charge in [0.05, 0.1) is 11.6 Å². The molecular formula is C14H15FN2O2. The van der Waals surface area contributed by atoms with Gasteiger partial charge in [-0.25, -0.2) is 4.39 Å². The minimum absolute atomic E-state index is 0.168. The van der Waals surface area contributed by atoms with Crippen LogP contribution in [-0.2, 0) is 11.3 Å². The minimum atomic E-state index is -0.774. The summed E-state index contributed by atoms with van der Waals surface area (Å²) in [5.74, 6) is -1.01. The molecular weight excluding hydrogens is 247 g/mol. The van der Waals surface area contributed by atoms with E-state index < -0.39 is 11.8 Å². The molecule has 1 N–H and O–H groups in total. The van der Waals surface area contributed by atoms with Gasteiger partial charge in [-0.3, -0.25) is 9.69 Å². The second-order valence-corrected chi connectivity index (χ2v) is 4.95. The van der Waals surface area contributed by atoms with Crippen molar-refractivity contribution in [2.75, 3.05) is 13.1 Å². The Morgan fingerprint density at radius 2 is 2.32 bits per heavy atom. The largest absolute Gasteiger partial charge is 0.481 e. The number of carbonyl (C=O) groups is 1. The summed E-state index contributed by atoms with van der Waals surface area (Å²) in [4.78, 5) is 12.7. The zero-order chi connectivity index (χ0) is 13.8. The Bertz CT molecular complexity index is 525. The van der Waals surface area contributed by atoms with Crippen LogP contribution in [0.1, 0.15) is 24.0 Å². The zero-order valence-electron chi connectivity index (χ0n) is 10.5. The van der Waals surface area contributed by atoms with Crippen LogP contribution < -0.4 is 0 Å². The van der Waals surface area contributed by atoms with Gasteiger partial charge >= 0.3 is 5.97 Å². The molecule has 0 aromatic heterocycles. The number of aliphatic carboxylic acids is 1. The molecule has 1 aromatic rings. The minimum Gasteiger partial charge on any atom is -0.481 e.